The van der Waals surface area contributed by atoms with Crippen molar-refractivity contribution >= 4 is 41.2 Å². The van der Waals surface area contributed by atoms with E-state index in [1.54, 1.807) is 59.5 Å². The van der Waals surface area contributed by atoms with Crippen LogP contribution < -0.4 is 31.9 Å². The Labute approximate surface area is 470 Å². The van der Waals surface area contributed by atoms with Gasteiger partial charge in [-0.15, -0.1) is 10.2 Å². The van der Waals surface area contributed by atoms with Crippen molar-refractivity contribution in [1.82, 2.24) is 71.7 Å². The van der Waals surface area contributed by atoms with Crippen molar-refractivity contribution in [2.24, 2.45) is 10.8 Å². The molecule has 2 aliphatic carbocycles. The maximum absolute atomic E-state index is 14.7. The van der Waals surface area contributed by atoms with E-state index in [1.807, 2.05) is 77.9 Å². The molecule has 2 aliphatic heterocycles. The van der Waals surface area contributed by atoms with Crippen LogP contribution in [0.4, 0.5) is 0 Å². The highest BCUT2D eigenvalue weighted by atomic mass is 16.2. The highest BCUT2D eigenvalue weighted by Gasteiger charge is 2.48. The van der Waals surface area contributed by atoms with Gasteiger partial charge in [-0.2, -0.15) is 0 Å². The minimum Gasteiger partial charge on any atom is -0.347 e. The number of hydrogen-bond acceptors (Lipinski definition) is 13. The third kappa shape index (κ3) is 13.8. The van der Waals surface area contributed by atoms with Gasteiger partial charge in [0.15, 0.2) is 0 Å². The van der Waals surface area contributed by atoms with Crippen LogP contribution in [0.25, 0.3) is 0 Å². The van der Waals surface area contributed by atoms with Crippen LogP contribution in [0.15, 0.2) is 60.9 Å². The van der Waals surface area contributed by atoms with Gasteiger partial charge in [0.05, 0.1) is 47.6 Å². The summed E-state index contributed by atoms with van der Waals surface area (Å²) >= 11 is 0. The lowest BCUT2D eigenvalue weighted by Crippen LogP contribution is -2.59. The molecule has 2 saturated heterocycles. The van der Waals surface area contributed by atoms with Gasteiger partial charge in [-0.25, -0.2) is 9.36 Å². The second-order valence-corrected chi connectivity index (χ2v) is 24.7. The van der Waals surface area contributed by atoms with E-state index in [9.17, 15) is 33.6 Å². The molecule has 6 amide bonds. The van der Waals surface area contributed by atoms with Gasteiger partial charge >= 0.3 is 0 Å². The summed E-state index contributed by atoms with van der Waals surface area (Å²) in [6.45, 7) is 15.1. The van der Waals surface area contributed by atoms with Crippen molar-refractivity contribution in [3.63, 3.8) is 0 Å². The van der Waals surface area contributed by atoms with Crippen molar-refractivity contribution in [3.8, 4) is 0 Å². The molecule has 0 saturated carbocycles. The van der Waals surface area contributed by atoms with E-state index >= 15 is 0 Å². The quantitative estimate of drug-likeness (QED) is 0.0734. The van der Waals surface area contributed by atoms with E-state index in [4.69, 9.17) is 0 Å². The number of aryl methyl sites for hydroxylation is 4. The summed E-state index contributed by atoms with van der Waals surface area (Å²) < 4.78 is 3.36. The molecule has 4 aromatic rings. The van der Waals surface area contributed by atoms with Crippen LogP contribution in [0.1, 0.15) is 165 Å². The normalized spacial score (nSPS) is 22.5. The molecule has 432 valence electrons. The Bertz CT molecular complexity index is 2700. The van der Waals surface area contributed by atoms with E-state index in [-0.39, 0.29) is 92.1 Å². The van der Waals surface area contributed by atoms with Crippen molar-refractivity contribution in [1.29, 1.82) is 0 Å². The van der Waals surface area contributed by atoms with Crippen LogP contribution in [0.3, 0.4) is 0 Å². The van der Waals surface area contributed by atoms with Crippen LogP contribution in [0.2, 0.25) is 0 Å². The molecule has 0 radical (unpaired) electrons. The molecule has 21 heteroatoms. The lowest BCUT2D eigenvalue weighted by Gasteiger charge is -2.36. The highest BCUT2D eigenvalue weighted by molar-refractivity contribution is 5.95. The standard InChI is InChI=1S/C59H84N14O7/c1-35(60-9)52(75)64-50(58(3,4)5)56(79)70-33-41(29-48(70)54(77)62-46-23-15-19-37-17-11-13-21-44(37)46)72-31-39(66-68-72)25-27-43(74)28-26-40-32-73(69-67-40)42-30-49(55(78)63-47-24-16-20-38-18-12-14-22-45(38)47)71(34-42)57(80)51(59(6,7)8)65-53(76)36(2)61-10/h11-14,17-18,21-22,31-32,35-36,41-42,46-51,60-61H,15-16,19-20,23-30,33-34H2,1-10H3,(H,62,77)(H,63,78)(H,64,75)(H,65,76)/t35-,36-,41-,42-,46+,47+,48-,49?,50+,51+/m0/s1. The summed E-state index contributed by atoms with van der Waals surface area (Å²) in [6, 6.07) is 10.4. The molecule has 6 N–H and O–H groups in total. The van der Waals surface area contributed by atoms with E-state index in [2.05, 4.69) is 64.7 Å². The Morgan fingerprint density at radius 2 is 0.975 bits per heavy atom. The number of likely N-dealkylation sites (tertiary alicyclic amines) is 2. The maximum Gasteiger partial charge on any atom is 0.246 e. The van der Waals surface area contributed by atoms with Crippen LogP contribution in [0, 0.1) is 10.8 Å². The van der Waals surface area contributed by atoms with E-state index < -0.39 is 59.2 Å². The molecule has 4 aliphatic rings. The van der Waals surface area contributed by atoms with Crippen molar-refractivity contribution < 1.29 is 33.6 Å². The third-order valence-corrected chi connectivity index (χ3v) is 16.7. The molecule has 80 heavy (non-hydrogen) atoms. The van der Waals surface area contributed by atoms with Gasteiger partial charge in [-0.1, -0.05) is 101 Å². The van der Waals surface area contributed by atoms with Gasteiger partial charge < -0.3 is 41.7 Å². The Hall–Kier alpha value is -6.87. The fourth-order valence-electron chi connectivity index (χ4n) is 11.6. The second-order valence-electron chi connectivity index (χ2n) is 24.7. The van der Waals surface area contributed by atoms with Crippen LogP contribution >= 0.6 is 0 Å². The molecule has 2 fully saturated rings. The Kier molecular flexibility index (Phi) is 18.7. The first-order valence-corrected chi connectivity index (χ1v) is 28.7. The Morgan fingerprint density at radius 1 is 0.588 bits per heavy atom. The lowest BCUT2D eigenvalue weighted by atomic mass is 9.85. The minimum absolute atomic E-state index is 0.0165. The smallest absolute Gasteiger partial charge is 0.246 e. The summed E-state index contributed by atoms with van der Waals surface area (Å²) in [4.78, 5) is 101. The summed E-state index contributed by atoms with van der Waals surface area (Å²) in [6.07, 6.45) is 10.4. The average Bonchev–Trinajstić information content (AvgIpc) is 4.37. The molecule has 21 nitrogen and oxygen atoms in total. The second kappa shape index (κ2) is 25.3. The number of hydrogen-bond donors (Lipinski definition) is 6. The first-order chi connectivity index (χ1) is 38.0. The first-order valence-electron chi connectivity index (χ1n) is 28.7. The molecule has 1 unspecified atom stereocenters. The molecule has 2 aromatic carbocycles. The van der Waals surface area contributed by atoms with E-state index in [0.717, 1.165) is 49.7 Å². The monoisotopic (exact) mass is 1100 g/mol. The van der Waals surface area contributed by atoms with E-state index in [1.165, 1.54) is 11.1 Å². The number of rotatable bonds is 20. The maximum atomic E-state index is 14.7. The fraction of sp³-hybridized carbons (Fsp3) is 0.610. The predicted molar refractivity (Wildman–Crippen MR) is 300 cm³/mol. The zero-order valence-electron chi connectivity index (χ0n) is 48.4. The molecule has 2 aromatic heterocycles. The van der Waals surface area contributed by atoms with Crippen LogP contribution in [-0.4, -0.2) is 144 Å². The van der Waals surface area contributed by atoms with Crippen molar-refractivity contribution in [2.75, 3.05) is 27.2 Å². The fourth-order valence-corrected chi connectivity index (χ4v) is 11.6. The van der Waals surface area contributed by atoms with Crippen LogP contribution in [-0.2, 0) is 59.2 Å². The third-order valence-electron chi connectivity index (χ3n) is 16.7. The SMILES string of the molecule is CN[C@@H](C)C(=O)N[C@H](C(=O)N1C[C@@H](n2cc(CCC(=O)CCc3cn([C@H]4C[C@@H](C(=O)N[C@@H]5CCCc6ccccc65)N(C(=O)[C@@H](NC(=O)[C@H](C)NC)C(C)(C)C)C4)nn3)nn2)CC1C(=O)N[C@@H]1CCCc2ccccc21)C(C)(C)C. The highest BCUT2D eigenvalue weighted by Crippen LogP contribution is 2.36. The topological polar surface area (TPSA) is 260 Å². The number of fused-ring (bicyclic) bond motifs is 2. The number of amides is 6. The molecule has 8 rings (SSSR count). The van der Waals surface area contributed by atoms with Gasteiger partial charge in [-0.3, -0.25) is 33.6 Å². The number of likely N-dealkylation sites (N-methyl/N-ethyl adjacent to an activating group) is 2. The predicted octanol–water partition coefficient (Wildman–Crippen LogP) is 3.95. The molecular formula is C59H84N14O7. The van der Waals surface area contributed by atoms with Crippen molar-refractivity contribution in [3.05, 3.63) is 94.6 Å². The number of aromatic nitrogens is 6. The first kappa shape index (κ1) is 59.3. The molecule has 0 bridgehead atoms. The van der Waals surface area contributed by atoms with Gasteiger partial charge in [0.25, 0.3) is 0 Å². The number of carbonyl (C=O) groups excluding carboxylic acids is 7. The summed E-state index contributed by atoms with van der Waals surface area (Å²) in [5.41, 5.74) is 4.38. The van der Waals surface area contributed by atoms with Crippen molar-refractivity contribution in [2.45, 2.75) is 193 Å². The van der Waals surface area contributed by atoms with Gasteiger partial charge in [-0.05, 0) is 112 Å². The zero-order chi connectivity index (χ0) is 57.6. The lowest BCUT2D eigenvalue weighted by molar-refractivity contribution is -0.144. The number of carbonyl (C=O) groups is 7. The number of nitrogens with zero attached hydrogens (tertiary/aromatic N) is 8. The van der Waals surface area contributed by atoms with Crippen LogP contribution in [0.5, 0.6) is 0 Å². The van der Waals surface area contributed by atoms with Gasteiger partial charge in [0, 0.05) is 51.2 Å². The summed E-state index contributed by atoms with van der Waals surface area (Å²) in [5.74, 6) is -1.91. The summed E-state index contributed by atoms with van der Waals surface area (Å²) in [7, 11) is 3.36. The van der Waals surface area contributed by atoms with Gasteiger partial charge in [0.2, 0.25) is 35.4 Å². The largest absolute Gasteiger partial charge is 0.347 e. The number of ketones is 1. The number of benzene rings is 2. The number of Topliss-reactive ketones (excluding diaryl/α,β-unsaturated/α-hetero) is 1. The molecular weight excluding hydrogens is 1020 g/mol. The Balaban J connectivity index is 0.912. The summed E-state index contributed by atoms with van der Waals surface area (Å²) in [5, 5.41) is 36.1. The number of nitrogens with one attached hydrogen (secondary N) is 6. The molecule has 0 spiro atoms. The minimum atomic E-state index is -0.919. The Morgan fingerprint density at radius 3 is 1.35 bits per heavy atom. The van der Waals surface area contributed by atoms with Gasteiger partial charge in [0.1, 0.15) is 30.0 Å². The zero-order valence-corrected chi connectivity index (χ0v) is 48.4. The molecule has 4 heterocycles. The average molecular weight is 1100 g/mol. The molecule has 10 atom stereocenters. The van der Waals surface area contributed by atoms with E-state index in [0.29, 0.717) is 24.2 Å².